The van der Waals surface area contributed by atoms with Gasteiger partial charge in [0.05, 0.1) is 12.3 Å². The molecule has 1 aliphatic carbocycles. The van der Waals surface area contributed by atoms with E-state index in [2.05, 4.69) is 44.8 Å². The molecule has 0 aliphatic heterocycles. The molecule has 5 nitrogen and oxygen atoms in total. The number of sulfone groups is 1. The molecular formula is C17H26BrN3O2S. The zero-order chi connectivity index (χ0) is 17.6. The SMILES string of the molecule is CCNC(=NCC1(c2ccccc2Br)CC1)NCCCS(C)(=O)=O. The monoisotopic (exact) mass is 415 g/mol. The summed E-state index contributed by atoms with van der Waals surface area (Å²) in [6, 6.07) is 8.34. The van der Waals surface area contributed by atoms with Gasteiger partial charge in [0.1, 0.15) is 9.84 Å². The quantitative estimate of drug-likeness (QED) is 0.388. The molecule has 0 radical (unpaired) electrons. The average Bonchev–Trinajstić information content (AvgIpc) is 3.29. The van der Waals surface area contributed by atoms with Crippen molar-refractivity contribution in [3.63, 3.8) is 0 Å². The van der Waals surface area contributed by atoms with E-state index in [-0.39, 0.29) is 11.2 Å². The third kappa shape index (κ3) is 5.77. The van der Waals surface area contributed by atoms with Gasteiger partial charge in [0.25, 0.3) is 0 Å². The van der Waals surface area contributed by atoms with Gasteiger partial charge >= 0.3 is 0 Å². The molecule has 7 heteroatoms. The minimum absolute atomic E-state index is 0.134. The standard InChI is InChI=1S/C17H26BrN3O2S/c1-3-19-16(20-11-6-12-24(2,22)23)21-13-17(9-10-17)14-7-4-5-8-15(14)18/h4-5,7-8H,3,6,9-13H2,1-2H3,(H2,19,20,21). The highest BCUT2D eigenvalue weighted by molar-refractivity contribution is 9.10. The fourth-order valence-corrected chi connectivity index (χ4v) is 4.04. The maximum absolute atomic E-state index is 11.2. The molecule has 1 saturated carbocycles. The first-order valence-electron chi connectivity index (χ1n) is 8.31. The van der Waals surface area contributed by atoms with Crippen LogP contribution in [0.25, 0.3) is 0 Å². The van der Waals surface area contributed by atoms with Crippen LogP contribution in [0.3, 0.4) is 0 Å². The first-order valence-corrected chi connectivity index (χ1v) is 11.2. The molecule has 0 bridgehead atoms. The number of rotatable bonds is 8. The van der Waals surface area contributed by atoms with Crippen molar-refractivity contribution in [2.75, 3.05) is 31.6 Å². The highest BCUT2D eigenvalue weighted by atomic mass is 79.9. The Balaban J connectivity index is 1.94. The molecule has 0 heterocycles. The van der Waals surface area contributed by atoms with Crippen LogP contribution in [-0.4, -0.2) is 46.0 Å². The fourth-order valence-electron chi connectivity index (χ4n) is 2.67. The van der Waals surface area contributed by atoms with E-state index in [0.717, 1.165) is 36.4 Å². The summed E-state index contributed by atoms with van der Waals surface area (Å²) >= 11 is 3.64. The van der Waals surface area contributed by atoms with Crippen molar-refractivity contribution in [2.24, 2.45) is 4.99 Å². The normalized spacial score (nSPS) is 16.7. The molecule has 0 atom stereocenters. The predicted molar refractivity (Wildman–Crippen MR) is 103 cm³/mol. The fraction of sp³-hybridized carbons (Fsp3) is 0.588. The van der Waals surface area contributed by atoms with Crippen LogP contribution >= 0.6 is 15.9 Å². The summed E-state index contributed by atoms with van der Waals surface area (Å²) in [6.07, 6.45) is 4.14. The van der Waals surface area contributed by atoms with Gasteiger partial charge in [-0.1, -0.05) is 34.1 Å². The molecule has 1 aromatic rings. The third-order valence-corrected chi connectivity index (χ3v) is 5.89. The number of hydrogen-bond acceptors (Lipinski definition) is 3. The molecule has 0 aromatic heterocycles. The molecule has 2 rings (SSSR count). The van der Waals surface area contributed by atoms with Crippen molar-refractivity contribution in [3.8, 4) is 0 Å². The van der Waals surface area contributed by atoms with Crippen molar-refractivity contribution < 1.29 is 8.42 Å². The second-order valence-corrected chi connectivity index (χ2v) is 9.48. The van der Waals surface area contributed by atoms with E-state index < -0.39 is 9.84 Å². The molecule has 0 saturated heterocycles. The van der Waals surface area contributed by atoms with Crippen LogP contribution in [0.1, 0.15) is 31.7 Å². The Labute approximate surface area is 153 Å². The molecule has 1 fully saturated rings. The Morgan fingerprint density at radius 1 is 1.29 bits per heavy atom. The summed E-state index contributed by atoms with van der Waals surface area (Å²) in [4.78, 5) is 4.72. The summed E-state index contributed by atoms with van der Waals surface area (Å²) in [5.74, 6) is 0.949. The zero-order valence-electron chi connectivity index (χ0n) is 14.3. The number of aliphatic imine (C=N–C) groups is 1. The van der Waals surface area contributed by atoms with Crippen LogP contribution in [0.15, 0.2) is 33.7 Å². The predicted octanol–water partition coefficient (Wildman–Crippen LogP) is 2.47. The summed E-state index contributed by atoms with van der Waals surface area (Å²) in [7, 11) is -2.91. The smallest absolute Gasteiger partial charge is 0.191 e. The van der Waals surface area contributed by atoms with Gasteiger partial charge < -0.3 is 10.6 Å². The van der Waals surface area contributed by atoms with E-state index in [0.29, 0.717) is 13.0 Å². The van der Waals surface area contributed by atoms with E-state index in [4.69, 9.17) is 4.99 Å². The number of halogens is 1. The van der Waals surface area contributed by atoms with E-state index in [9.17, 15) is 8.42 Å². The molecule has 134 valence electrons. The molecule has 0 amide bonds. The lowest BCUT2D eigenvalue weighted by Crippen LogP contribution is -2.38. The van der Waals surface area contributed by atoms with Gasteiger partial charge in [-0.3, -0.25) is 4.99 Å². The number of nitrogens with one attached hydrogen (secondary N) is 2. The van der Waals surface area contributed by atoms with Gasteiger partial charge in [-0.05, 0) is 37.8 Å². The van der Waals surface area contributed by atoms with Crippen molar-refractivity contribution in [1.29, 1.82) is 0 Å². The van der Waals surface area contributed by atoms with E-state index in [1.165, 1.54) is 11.8 Å². The minimum Gasteiger partial charge on any atom is -0.357 e. The van der Waals surface area contributed by atoms with Gasteiger partial charge in [0.15, 0.2) is 5.96 Å². The molecule has 1 aliphatic rings. The third-order valence-electron chi connectivity index (χ3n) is 4.17. The Morgan fingerprint density at radius 2 is 2.00 bits per heavy atom. The van der Waals surface area contributed by atoms with Gasteiger partial charge in [-0.15, -0.1) is 0 Å². The summed E-state index contributed by atoms with van der Waals surface area (Å²) in [6.45, 7) is 4.13. The van der Waals surface area contributed by atoms with E-state index in [1.54, 1.807) is 0 Å². The van der Waals surface area contributed by atoms with Crippen molar-refractivity contribution in [2.45, 2.75) is 31.6 Å². The first kappa shape index (κ1) is 19.2. The van der Waals surface area contributed by atoms with Crippen molar-refractivity contribution >= 4 is 31.7 Å². The van der Waals surface area contributed by atoms with Gasteiger partial charge in [0.2, 0.25) is 0 Å². The number of guanidine groups is 1. The Hall–Kier alpha value is -1.08. The second kappa shape index (κ2) is 8.34. The van der Waals surface area contributed by atoms with Crippen LogP contribution < -0.4 is 10.6 Å². The largest absolute Gasteiger partial charge is 0.357 e. The minimum atomic E-state index is -2.91. The molecule has 0 spiro atoms. The maximum atomic E-state index is 11.2. The highest BCUT2D eigenvalue weighted by Gasteiger charge is 2.45. The Bertz CT molecular complexity index is 685. The maximum Gasteiger partial charge on any atom is 0.191 e. The van der Waals surface area contributed by atoms with E-state index >= 15 is 0 Å². The van der Waals surface area contributed by atoms with Crippen molar-refractivity contribution in [1.82, 2.24) is 10.6 Å². The van der Waals surface area contributed by atoms with Gasteiger partial charge in [-0.2, -0.15) is 0 Å². The topological polar surface area (TPSA) is 70.6 Å². The first-order chi connectivity index (χ1) is 11.4. The lowest BCUT2D eigenvalue weighted by molar-refractivity contribution is 0.598. The Morgan fingerprint density at radius 3 is 2.58 bits per heavy atom. The van der Waals surface area contributed by atoms with Crippen LogP contribution in [0.2, 0.25) is 0 Å². The summed E-state index contributed by atoms with van der Waals surface area (Å²) in [5.41, 5.74) is 1.46. The van der Waals surface area contributed by atoms with E-state index in [1.807, 2.05) is 13.0 Å². The van der Waals surface area contributed by atoms with Crippen LogP contribution in [0.4, 0.5) is 0 Å². The Kier molecular flexibility index (Phi) is 6.69. The number of nitrogens with zero attached hydrogens (tertiary/aromatic N) is 1. The lowest BCUT2D eigenvalue weighted by Gasteiger charge is -2.17. The highest BCUT2D eigenvalue weighted by Crippen LogP contribution is 2.50. The molecule has 24 heavy (non-hydrogen) atoms. The molecule has 2 N–H and O–H groups in total. The summed E-state index contributed by atoms with van der Waals surface area (Å²) in [5, 5.41) is 6.45. The van der Waals surface area contributed by atoms with Crippen LogP contribution in [0, 0.1) is 0 Å². The van der Waals surface area contributed by atoms with Crippen LogP contribution in [-0.2, 0) is 15.3 Å². The number of hydrogen-bond donors (Lipinski definition) is 2. The molecular weight excluding hydrogens is 390 g/mol. The van der Waals surface area contributed by atoms with Crippen LogP contribution in [0.5, 0.6) is 0 Å². The second-order valence-electron chi connectivity index (χ2n) is 6.37. The molecule has 1 aromatic carbocycles. The van der Waals surface area contributed by atoms with Gasteiger partial charge in [-0.25, -0.2) is 8.42 Å². The average molecular weight is 416 g/mol. The summed E-state index contributed by atoms with van der Waals surface area (Å²) < 4.78 is 23.5. The zero-order valence-corrected chi connectivity index (χ0v) is 16.7. The number of benzene rings is 1. The van der Waals surface area contributed by atoms with Gasteiger partial charge in [0, 0.05) is 29.2 Å². The van der Waals surface area contributed by atoms with Crippen molar-refractivity contribution in [3.05, 3.63) is 34.3 Å². The lowest BCUT2D eigenvalue weighted by atomic mass is 9.96. The molecule has 0 unspecified atom stereocenters.